The molecule has 0 N–H and O–H groups in total. The van der Waals surface area contributed by atoms with Crippen LogP contribution in [0.25, 0.3) is 5.65 Å². The minimum absolute atomic E-state index is 0.0970. The summed E-state index contributed by atoms with van der Waals surface area (Å²) in [6.45, 7) is 5.05. The molecular weight excluding hydrogens is 563 g/mol. The Balaban J connectivity index is 1.44. The Morgan fingerprint density at radius 2 is 1.88 bits per heavy atom. The van der Waals surface area contributed by atoms with Crippen LogP contribution in [0.1, 0.15) is 38.4 Å². The molecule has 0 saturated carbocycles. The molecule has 3 fully saturated rings. The number of alkyl halides is 3. The lowest BCUT2D eigenvalue weighted by molar-refractivity contribution is -0.138. The molecule has 2 aromatic heterocycles. The molecule has 14 heteroatoms. The molecule has 41 heavy (non-hydrogen) atoms. The van der Waals surface area contributed by atoms with Crippen LogP contribution >= 0.6 is 0 Å². The summed E-state index contributed by atoms with van der Waals surface area (Å²) >= 11 is 0. The number of rotatable bonds is 6. The van der Waals surface area contributed by atoms with Gasteiger partial charge in [0.2, 0.25) is 0 Å². The van der Waals surface area contributed by atoms with E-state index in [0.717, 1.165) is 6.07 Å². The van der Waals surface area contributed by atoms with E-state index >= 15 is 0 Å². The van der Waals surface area contributed by atoms with Gasteiger partial charge in [-0.15, -0.1) is 5.10 Å². The number of hydrogen-bond donors (Lipinski definition) is 0. The van der Waals surface area contributed by atoms with Crippen molar-refractivity contribution in [3.05, 3.63) is 57.9 Å². The monoisotopic (exact) mass is 593 g/mol. The predicted octanol–water partition coefficient (Wildman–Crippen LogP) is 2.50. The zero-order valence-electron chi connectivity index (χ0n) is 22.7. The van der Waals surface area contributed by atoms with E-state index < -0.39 is 27.5 Å². The first-order valence-corrected chi connectivity index (χ1v) is 15.1. The van der Waals surface area contributed by atoms with Crippen molar-refractivity contribution in [2.24, 2.45) is 5.41 Å². The molecule has 3 saturated heterocycles. The highest BCUT2D eigenvalue weighted by molar-refractivity contribution is 7.92. The number of esters is 1. The molecule has 3 aromatic rings. The number of sulfone groups is 1. The van der Waals surface area contributed by atoms with Crippen LogP contribution in [0.15, 0.2) is 24.3 Å². The molecule has 0 radical (unpaired) electrons. The number of halogens is 3. The number of methoxy groups -OCH3 is 1. The molecule has 3 aliphatic heterocycles. The molecule has 5 heterocycles. The Bertz CT molecular complexity index is 1610. The van der Waals surface area contributed by atoms with Gasteiger partial charge >= 0.3 is 12.1 Å². The van der Waals surface area contributed by atoms with Crippen molar-refractivity contribution in [3.8, 4) is 0 Å². The number of likely N-dealkylation sites (tertiary alicyclic amines) is 1. The Morgan fingerprint density at radius 3 is 2.51 bits per heavy atom. The SMILES string of the molecule is COC(=O)c1cc(N2CCOCC2)nn2c(Cc3cccc(C(F)(F)F)c3C)c(CN3CC4(C3)CS(=O)(=O)C4)nc12. The number of anilines is 1. The number of fused-ring (bicyclic) bond motifs is 1. The Labute approximate surface area is 235 Å². The maximum Gasteiger partial charge on any atom is 0.416 e. The van der Waals surface area contributed by atoms with Gasteiger partial charge in [0.1, 0.15) is 5.56 Å². The van der Waals surface area contributed by atoms with Crippen molar-refractivity contribution >= 4 is 27.3 Å². The number of morpholine rings is 1. The molecule has 0 amide bonds. The molecular formula is C27H30F3N5O5S. The van der Waals surface area contributed by atoms with Gasteiger partial charge in [-0.2, -0.15) is 13.2 Å². The van der Waals surface area contributed by atoms with Crippen LogP contribution in [-0.2, 0) is 38.5 Å². The summed E-state index contributed by atoms with van der Waals surface area (Å²) in [5.41, 5.74) is 1.20. The van der Waals surface area contributed by atoms with Gasteiger partial charge in [0.05, 0.1) is 48.8 Å². The fourth-order valence-electron chi connectivity index (χ4n) is 6.27. The number of ether oxygens (including phenoxy) is 2. The van der Waals surface area contributed by atoms with Gasteiger partial charge in [0.15, 0.2) is 21.3 Å². The van der Waals surface area contributed by atoms with Gasteiger partial charge in [-0.3, -0.25) is 4.90 Å². The first kappa shape index (κ1) is 27.9. The standard InChI is InChI=1S/C27H30F3N5O5S/c1-17-18(4-3-5-20(17)27(28,29)30)10-22-21(12-33-13-26(14-33)15-41(37,38)16-26)31-24-19(25(36)39-2)11-23(32-35(22)24)34-6-8-40-9-7-34/h3-5,11H,6-10,12-16H2,1-2H3. The van der Waals surface area contributed by atoms with Crippen molar-refractivity contribution in [2.75, 3.05) is 62.9 Å². The maximum absolute atomic E-state index is 13.7. The topological polar surface area (TPSA) is 106 Å². The summed E-state index contributed by atoms with van der Waals surface area (Å²) < 4.78 is 76.8. The molecule has 0 bridgehead atoms. The molecule has 10 nitrogen and oxygen atoms in total. The van der Waals surface area contributed by atoms with Gasteiger partial charge in [0.25, 0.3) is 0 Å². The van der Waals surface area contributed by atoms with Gasteiger partial charge in [-0.25, -0.2) is 22.7 Å². The van der Waals surface area contributed by atoms with E-state index in [1.807, 2.05) is 4.90 Å². The van der Waals surface area contributed by atoms with Crippen molar-refractivity contribution < 1.29 is 35.9 Å². The van der Waals surface area contributed by atoms with Gasteiger partial charge in [0, 0.05) is 50.6 Å². The van der Waals surface area contributed by atoms with Gasteiger partial charge < -0.3 is 14.4 Å². The van der Waals surface area contributed by atoms with Gasteiger partial charge in [-0.05, 0) is 24.1 Å². The van der Waals surface area contributed by atoms with Crippen LogP contribution in [-0.4, -0.2) is 91.9 Å². The Hall–Kier alpha value is -3.23. The number of carbonyl (C=O) groups is 1. The van der Waals surface area contributed by atoms with Gasteiger partial charge in [-0.1, -0.05) is 12.1 Å². The molecule has 220 valence electrons. The summed E-state index contributed by atoms with van der Waals surface area (Å²) in [4.78, 5) is 21.7. The molecule has 3 aliphatic rings. The second kappa shape index (κ2) is 9.95. The van der Waals surface area contributed by atoms with E-state index in [4.69, 9.17) is 19.6 Å². The summed E-state index contributed by atoms with van der Waals surface area (Å²) in [7, 11) is -1.71. The third kappa shape index (κ3) is 5.17. The van der Waals surface area contributed by atoms with Crippen LogP contribution in [0, 0.1) is 12.3 Å². The van der Waals surface area contributed by atoms with Crippen LogP contribution in [0.3, 0.4) is 0 Å². The van der Waals surface area contributed by atoms with Crippen LogP contribution < -0.4 is 4.90 Å². The van der Waals surface area contributed by atoms with E-state index in [0.29, 0.717) is 68.7 Å². The minimum atomic E-state index is -4.50. The summed E-state index contributed by atoms with van der Waals surface area (Å²) in [6, 6.07) is 5.72. The lowest BCUT2D eigenvalue weighted by Gasteiger charge is -2.54. The fourth-order valence-corrected chi connectivity index (χ4v) is 8.42. The van der Waals surface area contributed by atoms with E-state index in [-0.39, 0.29) is 40.1 Å². The molecule has 0 atom stereocenters. The summed E-state index contributed by atoms with van der Waals surface area (Å²) in [5.74, 6) is 0.228. The van der Waals surface area contributed by atoms with E-state index in [1.54, 1.807) is 16.6 Å². The molecule has 6 rings (SSSR count). The second-order valence-electron chi connectivity index (χ2n) is 11.2. The molecule has 0 aliphatic carbocycles. The zero-order chi connectivity index (χ0) is 29.2. The average molecular weight is 594 g/mol. The third-order valence-electron chi connectivity index (χ3n) is 8.14. The first-order chi connectivity index (χ1) is 19.4. The molecule has 0 unspecified atom stereocenters. The highest BCUT2D eigenvalue weighted by Gasteiger charge is 2.55. The van der Waals surface area contributed by atoms with Crippen molar-refractivity contribution in [2.45, 2.75) is 26.1 Å². The largest absolute Gasteiger partial charge is 0.465 e. The molecule has 1 spiro atoms. The predicted molar refractivity (Wildman–Crippen MR) is 143 cm³/mol. The molecule has 1 aromatic carbocycles. The lowest BCUT2D eigenvalue weighted by atomic mass is 9.83. The van der Waals surface area contributed by atoms with E-state index in [2.05, 4.69) is 4.90 Å². The quantitative estimate of drug-likeness (QED) is 0.399. The zero-order valence-corrected chi connectivity index (χ0v) is 23.5. The Morgan fingerprint density at radius 1 is 1.17 bits per heavy atom. The average Bonchev–Trinajstić information content (AvgIpc) is 3.23. The lowest BCUT2D eigenvalue weighted by Crippen LogP contribution is -2.67. The third-order valence-corrected chi connectivity index (χ3v) is 10.2. The number of nitrogens with zero attached hydrogens (tertiary/aromatic N) is 5. The highest BCUT2D eigenvalue weighted by atomic mass is 32.2. The van der Waals surface area contributed by atoms with E-state index in [1.165, 1.54) is 20.1 Å². The summed E-state index contributed by atoms with van der Waals surface area (Å²) in [6.07, 6.45) is -4.41. The van der Waals surface area contributed by atoms with Crippen molar-refractivity contribution in [1.29, 1.82) is 0 Å². The van der Waals surface area contributed by atoms with Crippen molar-refractivity contribution in [3.63, 3.8) is 0 Å². The minimum Gasteiger partial charge on any atom is -0.465 e. The number of benzene rings is 1. The smallest absolute Gasteiger partial charge is 0.416 e. The first-order valence-electron chi connectivity index (χ1n) is 13.3. The second-order valence-corrected chi connectivity index (χ2v) is 13.3. The maximum atomic E-state index is 13.7. The number of hydrogen-bond acceptors (Lipinski definition) is 9. The van der Waals surface area contributed by atoms with Crippen LogP contribution in [0.4, 0.5) is 19.0 Å². The normalized spacial score (nSPS) is 20.2. The van der Waals surface area contributed by atoms with E-state index in [9.17, 15) is 26.4 Å². The van der Waals surface area contributed by atoms with Crippen molar-refractivity contribution in [1.82, 2.24) is 19.5 Å². The Kier molecular flexibility index (Phi) is 6.77. The number of imidazole rings is 1. The highest BCUT2D eigenvalue weighted by Crippen LogP contribution is 2.42. The van der Waals surface area contributed by atoms with Crippen LogP contribution in [0.2, 0.25) is 0 Å². The summed E-state index contributed by atoms with van der Waals surface area (Å²) in [5, 5.41) is 4.82. The van der Waals surface area contributed by atoms with Crippen LogP contribution in [0.5, 0.6) is 0 Å². The number of carbonyl (C=O) groups excluding carboxylic acids is 1. The fraction of sp³-hybridized carbons (Fsp3) is 0.519. The number of aromatic nitrogens is 3.